The molecule has 20 heavy (non-hydrogen) atoms. The Balaban J connectivity index is 1.67. The van der Waals surface area contributed by atoms with Crippen molar-refractivity contribution in [3.8, 4) is 0 Å². The van der Waals surface area contributed by atoms with Gasteiger partial charge in [0.25, 0.3) is 0 Å². The van der Waals surface area contributed by atoms with Gasteiger partial charge in [-0.3, -0.25) is 0 Å². The lowest BCUT2D eigenvalue weighted by Gasteiger charge is -2.31. The predicted molar refractivity (Wildman–Crippen MR) is 83.0 cm³/mol. The fourth-order valence-electron chi connectivity index (χ4n) is 3.08. The molecule has 1 aliphatic carbocycles. The standard InChI is InChI=1S/C19H22O/c1-13(2)14-7-9-15(10-8-14)19(20)12-17-11-16-5-3-4-6-18(16)17/h3-10,13,17,19-20H,11-12H2,1-2H3. The second-order valence-electron chi connectivity index (χ2n) is 6.17. The number of aliphatic hydroxyl groups excluding tert-OH is 1. The quantitative estimate of drug-likeness (QED) is 0.859. The summed E-state index contributed by atoms with van der Waals surface area (Å²) < 4.78 is 0. The number of aliphatic hydroxyl groups is 1. The highest BCUT2D eigenvalue weighted by atomic mass is 16.3. The Hall–Kier alpha value is -1.60. The van der Waals surface area contributed by atoms with Crippen molar-refractivity contribution >= 4 is 0 Å². The van der Waals surface area contributed by atoms with E-state index in [2.05, 4.69) is 62.4 Å². The van der Waals surface area contributed by atoms with Gasteiger partial charge in [-0.2, -0.15) is 0 Å². The SMILES string of the molecule is CC(C)c1ccc(C(O)CC2Cc3ccccc32)cc1. The maximum absolute atomic E-state index is 10.4. The van der Waals surface area contributed by atoms with E-state index in [0.717, 1.165) is 18.4 Å². The average molecular weight is 266 g/mol. The second-order valence-corrected chi connectivity index (χ2v) is 6.17. The average Bonchev–Trinajstić information content (AvgIpc) is 2.44. The van der Waals surface area contributed by atoms with Crippen LogP contribution in [0.15, 0.2) is 48.5 Å². The fraction of sp³-hybridized carbons (Fsp3) is 0.368. The molecule has 0 spiro atoms. The van der Waals surface area contributed by atoms with E-state index in [0.29, 0.717) is 11.8 Å². The van der Waals surface area contributed by atoms with Crippen molar-refractivity contribution in [2.24, 2.45) is 0 Å². The highest BCUT2D eigenvalue weighted by Crippen LogP contribution is 2.40. The summed E-state index contributed by atoms with van der Waals surface area (Å²) in [5, 5.41) is 10.4. The first kappa shape index (κ1) is 13.4. The summed E-state index contributed by atoms with van der Waals surface area (Å²) in [7, 11) is 0. The first-order valence-corrected chi connectivity index (χ1v) is 7.51. The highest BCUT2D eigenvalue weighted by molar-refractivity contribution is 5.40. The molecule has 3 rings (SSSR count). The number of hydrogen-bond acceptors (Lipinski definition) is 1. The van der Waals surface area contributed by atoms with E-state index in [-0.39, 0.29) is 6.10 Å². The minimum atomic E-state index is -0.352. The van der Waals surface area contributed by atoms with Gasteiger partial charge < -0.3 is 5.11 Å². The zero-order valence-electron chi connectivity index (χ0n) is 12.2. The molecule has 0 radical (unpaired) electrons. The maximum Gasteiger partial charge on any atom is 0.0796 e. The van der Waals surface area contributed by atoms with Gasteiger partial charge in [0.2, 0.25) is 0 Å². The molecule has 0 heterocycles. The number of hydrogen-bond donors (Lipinski definition) is 1. The smallest absolute Gasteiger partial charge is 0.0796 e. The summed E-state index contributed by atoms with van der Waals surface area (Å²) in [5.74, 6) is 1.06. The van der Waals surface area contributed by atoms with Crippen LogP contribution in [0.5, 0.6) is 0 Å². The molecule has 2 unspecified atom stereocenters. The van der Waals surface area contributed by atoms with Crippen LogP contribution in [-0.4, -0.2) is 5.11 Å². The molecule has 0 bridgehead atoms. The van der Waals surface area contributed by atoms with E-state index in [1.165, 1.54) is 16.7 Å². The molecule has 1 N–H and O–H groups in total. The van der Waals surface area contributed by atoms with Gasteiger partial charge in [-0.1, -0.05) is 62.4 Å². The molecule has 1 nitrogen and oxygen atoms in total. The second kappa shape index (κ2) is 5.41. The van der Waals surface area contributed by atoms with Crippen LogP contribution in [0, 0.1) is 0 Å². The zero-order valence-corrected chi connectivity index (χ0v) is 12.2. The molecule has 1 aliphatic rings. The van der Waals surface area contributed by atoms with Crippen molar-refractivity contribution in [3.63, 3.8) is 0 Å². The van der Waals surface area contributed by atoms with E-state index >= 15 is 0 Å². The third kappa shape index (κ3) is 2.51. The normalized spacial score (nSPS) is 18.5. The van der Waals surface area contributed by atoms with Crippen molar-refractivity contribution in [1.29, 1.82) is 0 Å². The largest absolute Gasteiger partial charge is 0.388 e. The van der Waals surface area contributed by atoms with Crippen molar-refractivity contribution in [3.05, 3.63) is 70.8 Å². The third-order valence-electron chi connectivity index (χ3n) is 4.46. The molecular formula is C19H22O. The highest BCUT2D eigenvalue weighted by Gasteiger charge is 2.27. The lowest BCUT2D eigenvalue weighted by molar-refractivity contribution is 0.153. The van der Waals surface area contributed by atoms with E-state index in [4.69, 9.17) is 0 Å². The first-order chi connectivity index (χ1) is 9.65. The van der Waals surface area contributed by atoms with Crippen LogP contribution in [0.25, 0.3) is 0 Å². The number of benzene rings is 2. The Bertz CT molecular complexity index is 583. The van der Waals surface area contributed by atoms with Gasteiger partial charge in [-0.25, -0.2) is 0 Å². The van der Waals surface area contributed by atoms with Gasteiger partial charge in [0.05, 0.1) is 6.10 Å². The van der Waals surface area contributed by atoms with Crippen LogP contribution in [0.3, 0.4) is 0 Å². The Labute approximate surface area is 121 Å². The molecule has 1 heteroatoms. The molecular weight excluding hydrogens is 244 g/mol. The molecule has 0 aliphatic heterocycles. The molecule has 2 aromatic rings. The zero-order chi connectivity index (χ0) is 14.1. The van der Waals surface area contributed by atoms with Crippen molar-refractivity contribution in [1.82, 2.24) is 0 Å². The maximum atomic E-state index is 10.4. The van der Waals surface area contributed by atoms with Crippen LogP contribution in [0.1, 0.15) is 60.5 Å². The summed E-state index contributed by atoms with van der Waals surface area (Å²) in [5.41, 5.74) is 5.24. The van der Waals surface area contributed by atoms with Gasteiger partial charge >= 0.3 is 0 Å². The van der Waals surface area contributed by atoms with Gasteiger partial charge in [0.1, 0.15) is 0 Å². The van der Waals surface area contributed by atoms with Crippen LogP contribution < -0.4 is 0 Å². The monoisotopic (exact) mass is 266 g/mol. The summed E-state index contributed by atoms with van der Waals surface area (Å²) in [6.45, 7) is 4.38. The summed E-state index contributed by atoms with van der Waals surface area (Å²) in [4.78, 5) is 0. The third-order valence-corrected chi connectivity index (χ3v) is 4.46. The van der Waals surface area contributed by atoms with Crippen LogP contribution in [-0.2, 0) is 6.42 Å². The molecule has 2 atom stereocenters. The molecule has 0 saturated carbocycles. The molecule has 2 aromatic carbocycles. The van der Waals surface area contributed by atoms with Crippen molar-refractivity contribution in [2.75, 3.05) is 0 Å². The van der Waals surface area contributed by atoms with Gasteiger partial charge in [-0.15, -0.1) is 0 Å². The van der Waals surface area contributed by atoms with E-state index in [1.54, 1.807) is 0 Å². The molecule has 0 fully saturated rings. The Kier molecular flexibility index (Phi) is 3.62. The van der Waals surface area contributed by atoms with Gasteiger partial charge in [-0.05, 0) is 46.9 Å². The Morgan fingerprint density at radius 3 is 2.30 bits per heavy atom. The number of rotatable bonds is 4. The molecule has 104 valence electrons. The number of fused-ring (bicyclic) bond motifs is 1. The summed E-state index contributed by atoms with van der Waals surface area (Å²) >= 11 is 0. The van der Waals surface area contributed by atoms with E-state index in [9.17, 15) is 5.11 Å². The van der Waals surface area contributed by atoms with Gasteiger partial charge in [0, 0.05) is 0 Å². The predicted octanol–water partition coefficient (Wildman–Crippen LogP) is 4.57. The van der Waals surface area contributed by atoms with Crippen molar-refractivity contribution < 1.29 is 5.11 Å². The summed E-state index contributed by atoms with van der Waals surface area (Å²) in [6.07, 6.45) is 1.59. The lowest BCUT2D eigenvalue weighted by atomic mass is 9.74. The molecule has 0 saturated heterocycles. The summed E-state index contributed by atoms with van der Waals surface area (Å²) in [6, 6.07) is 17.0. The van der Waals surface area contributed by atoms with E-state index in [1.807, 2.05) is 0 Å². The Morgan fingerprint density at radius 2 is 1.65 bits per heavy atom. The first-order valence-electron chi connectivity index (χ1n) is 7.51. The minimum Gasteiger partial charge on any atom is -0.388 e. The Morgan fingerprint density at radius 1 is 1.00 bits per heavy atom. The lowest BCUT2D eigenvalue weighted by Crippen LogP contribution is -2.19. The molecule has 0 amide bonds. The van der Waals surface area contributed by atoms with Crippen molar-refractivity contribution in [2.45, 2.75) is 44.6 Å². The fourth-order valence-corrected chi connectivity index (χ4v) is 3.08. The van der Waals surface area contributed by atoms with Crippen LogP contribution >= 0.6 is 0 Å². The minimum absolute atomic E-state index is 0.352. The topological polar surface area (TPSA) is 20.2 Å². The van der Waals surface area contributed by atoms with Gasteiger partial charge in [0.15, 0.2) is 0 Å². The molecule has 0 aromatic heterocycles. The van der Waals surface area contributed by atoms with E-state index < -0.39 is 0 Å². The van der Waals surface area contributed by atoms with Crippen LogP contribution in [0.2, 0.25) is 0 Å². The van der Waals surface area contributed by atoms with Crippen LogP contribution in [0.4, 0.5) is 0 Å².